The third-order valence-electron chi connectivity index (χ3n) is 14.9. The zero-order chi connectivity index (χ0) is 52.3. The number of aromatic hydroxyl groups is 1. The molecule has 0 amide bonds. The molecule has 16 radical (unpaired) electrons. The standard InChI is InChI=1S/C62H33B8N5O/c1-31-49(63)48(52(66)54(68)50(31)64)43-25-24-34(47-51(65)55(69)56(70)59(76)53(47)67)30-46(43)74-44-22-12-10-20-38(44)40-27-28-41-39-21-11-13-23-45(39)75(58(41)57(40)74)62-72-60(33-16-6-3-7-17-33)71-61(73-62)42-29-26-35(32-14-4-2-5-15-32)36-18-8-9-19-37(36)42/h2-30,76H,1H3. The summed E-state index contributed by atoms with van der Waals surface area (Å²) in [5.41, 5.74) is 11.2. The van der Waals surface area contributed by atoms with E-state index in [4.69, 9.17) is 77.7 Å². The lowest BCUT2D eigenvalue weighted by atomic mass is 9.63. The number of aromatic nitrogens is 5. The lowest BCUT2D eigenvalue weighted by molar-refractivity contribution is 0.484. The Bertz CT molecular complexity index is 4540. The Morgan fingerprint density at radius 3 is 1.51 bits per heavy atom. The highest BCUT2D eigenvalue weighted by atomic mass is 16.3. The van der Waals surface area contributed by atoms with Gasteiger partial charge in [0.1, 0.15) is 68.5 Å². The molecule has 13 aromatic rings. The molecule has 0 saturated carbocycles. The van der Waals surface area contributed by atoms with Crippen molar-refractivity contribution in [2.75, 3.05) is 0 Å². The predicted molar refractivity (Wildman–Crippen MR) is 323 cm³/mol. The fraction of sp³-hybridized carbons (Fsp3) is 0.0161. The van der Waals surface area contributed by atoms with E-state index in [2.05, 4.69) is 100 Å². The van der Waals surface area contributed by atoms with Crippen LogP contribution in [0.4, 0.5) is 0 Å². The van der Waals surface area contributed by atoms with E-state index in [0.717, 1.165) is 76.6 Å². The van der Waals surface area contributed by atoms with Crippen LogP contribution < -0.4 is 43.7 Å². The monoisotopic (exact) mass is 951 g/mol. The lowest BCUT2D eigenvalue weighted by Gasteiger charge is -2.25. The fourth-order valence-corrected chi connectivity index (χ4v) is 11.1. The van der Waals surface area contributed by atoms with E-state index in [9.17, 15) is 5.11 Å². The van der Waals surface area contributed by atoms with Crippen LogP contribution in [0.25, 0.3) is 122 Å². The zero-order valence-corrected chi connectivity index (χ0v) is 41.0. The summed E-state index contributed by atoms with van der Waals surface area (Å²) < 4.78 is 4.32. The van der Waals surface area contributed by atoms with Gasteiger partial charge in [-0.05, 0) is 75.2 Å². The van der Waals surface area contributed by atoms with Crippen LogP contribution in [0.2, 0.25) is 0 Å². The summed E-state index contributed by atoms with van der Waals surface area (Å²) in [5.74, 6) is 1.01. The quantitative estimate of drug-likeness (QED) is 0.202. The highest BCUT2D eigenvalue weighted by Crippen LogP contribution is 2.44. The molecule has 0 atom stereocenters. The highest BCUT2D eigenvalue weighted by molar-refractivity contribution is 6.63. The number of hydrogen-bond acceptors (Lipinski definition) is 4. The predicted octanol–water partition coefficient (Wildman–Crippen LogP) is 5.92. The minimum atomic E-state index is -0.377. The van der Waals surface area contributed by atoms with Gasteiger partial charge in [-0.2, -0.15) is 9.97 Å². The molecule has 13 rings (SSSR count). The number of phenols is 1. The van der Waals surface area contributed by atoms with Crippen LogP contribution in [0.5, 0.6) is 5.75 Å². The second-order valence-corrected chi connectivity index (χ2v) is 19.0. The van der Waals surface area contributed by atoms with Gasteiger partial charge in [-0.3, -0.25) is 4.57 Å². The number of para-hydroxylation sites is 2. The summed E-state index contributed by atoms with van der Waals surface area (Å²) in [5, 5.41) is 17.1. The van der Waals surface area contributed by atoms with E-state index in [1.165, 1.54) is 0 Å². The van der Waals surface area contributed by atoms with Gasteiger partial charge in [-0.15, -0.1) is 16.4 Å². The zero-order valence-electron chi connectivity index (χ0n) is 41.0. The summed E-state index contributed by atoms with van der Waals surface area (Å²) in [6, 6.07) is 59.3. The molecule has 0 spiro atoms. The van der Waals surface area contributed by atoms with Crippen molar-refractivity contribution in [3.63, 3.8) is 0 Å². The molecule has 6 nitrogen and oxygen atoms in total. The topological polar surface area (TPSA) is 68.8 Å². The van der Waals surface area contributed by atoms with Gasteiger partial charge in [0.2, 0.25) is 5.95 Å². The number of nitrogens with zero attached hydrogens (tertiary/aromatic N) is 5. The molecule has 0 aliphatic rings. The first-order valence-corrected chi connectivity index (χ1v) is 24.6. The molecule has 0 aliphatic heterocycles. The van der Waals surface area contributed by atoms with Gasteiger partial charge in [0.05, 0.1) is 27.8 Å². The second kappa shape index (κ2) is 18.1. The Balaban J connectivity index is 1.18. The van der Waals surface area contributed by atoms with Crippen molar-refractivity contribution in [2.45, 2.75) is 6.92 Å². The SMILES string of the molecule is [B]c1c([B])c(O)c([B])c(-c2ccc(-c3c([B])c([B])c([B])c(C)c3[B])c(-n3c4ccccc4c4ccc5c6ccccc6n(-c6nc(-c7ccccc7)nc(-c7ccc(-c8ccccc8)c8ccccc78)n6)c5c43)c2)c1[B]. The van der Waals surface area contributed by atoms with Gasteiger partial charge in [-0.25, -0.2) is 4.98 Å². The van der Waals surface area contributed by atoms with Crippen LogP contribution >= 0.6 is 0 Å². The summed E-state index contributed by atoms with van der Waals surface area (Å²) >= 11 is 0. The molecule has 0 bridgehead atoms. The highest BCUT2D eigenvalue weighted by Gasteiger charge is 2.27. The van der Waals surface area contributed by atoms with Crippen molar-refractivity contribution >= 4 is 161 Å². The van der Waals surface area contributed by atoms with E-state index >= 15 is 0 Å². The minimum absolute atomic E-state index is 0.00225. The smallest absolute Gasteiger partial charge is 0.238 e. The molecule has 10 aromatic carbocycles. The number of rotatable bonds is 7. The van der Waals surface area contributed by atoms with E-state index in [1.54, 1.807) is 0 Å². The van der Waals surface area contributed by atoms with Gasteiger partial charge >= 0.3 is 0 Å². The molecule has 76 heavy (non-hydrogen) atoms. The normalized spacial score (nSPS) is 11.7. The van der Waals surface area contributed by atoms with Crippen LogP contribution in [0.1, 0.15) is 5.56 Å². The molecule has 0 saturated heterocycles. The van der Waals surface area contributed by atoms with E-state index < -0.39 is 0 Å². The molecule has 3 aromatic heterocycles. The van der Waals surface area contributed by atoms with Gasteiger partial charge in [0.25, 0.3) is 0 Å². The molecule has 14 heteroatoms. The molecular weight excluding hydrogens is 917 g/mol. The third kappa shape index (κ3) is 7.10. The number of hydrogen-bond donors (Lipinski definition) is 1. The van der Waals surface area contributed by atoms with E-state index in [1.807, 2.05) is 91.9 Å². The first kappa shape index (κ1) is 47.1. The van der Waals surface area contributed by atoms with Crippen LogP contribution in [-0.2, 0) is 0 Å². The minimum Gasteiger partial charge on any atom is -0.509 e. The number of phenolic OH excluding ortho intramolecular Hbond substituents is 1. The van der Waals surface area contributed by atoms with Crippen molar-refractivity contribution in [1.82, 2.24) is 24.1 Å². The molecule has 1 N–H and O–H groups in total. The maximum absolute atomic E-state index is 11.2. The Kier molecular flexibility index (Phi) is 11.2. The average Bonchev–Trinajstić information content (AvgIpc) is 4.14. The van der Waals surface area contributed by atoms with Gasteiger partial charge < -0.3 is 9.67 Å². The number of benzene rings is 10. The van der Waals surface area contributed by atoms with Crippen molar-refractivity contribution < 1.29 is 5.11 Å². The van der Waals surface area contributed by atoms with Crippen molar-refractivity contribution in [1.29, 1.82) is 0 Å². The largest absolute Gasteiger partial charge is 0.509 e. The maximum atomic E-state index is 11.2. The third-order valence-corrected chi connectivity index (χ3v) is 14.9. The van der Waals surface area contributed by atoms with Crippen LogP contribution in [-0.4, -0.2) is 92.0 Å². The first-order valence-electron chi connectivity index (χ1n) is 24.6. The average molecular weight is 950 g/mol. The molecule has 0 fully saturated rings. The first-order chi connectivity index (χ1) is 36.9. The lowest BCUT2D eigenvalue weighted by Crippen LogP contribution is -2.46. The summed E-state index contributed by atoms with van der Waals surface area (Å²) in [6.45, 7) is 1.81. The van der Waals surface area contributed by atoms with Crippen LogP contribution in [0.3, 0.4) is 0 Å². The molecule has 0 aliphatic carbocycles. The van der Waals surface area contributed by atoms with Gasteiger partial charge in [0, 0.05) is 38.2 Å². The maximum Gasteiger partial charge on any atom is 0.238 e. The Labute approximate surface area is 449 Å². The molecule has 3 heterocycles. The fourth-order valence-electron chi connectivity index (χ4n) is 11.1. The summed E-state index contributed by atoms with van der Waals surface area (Å²) in [4.78, 5) is 16.2. The van der Waals surface area contributed by atoms with Crippen molar-refractivity contribution in [3.8, 4) is 73.5 Å². The molecular formula is C62H33B8N5O. The van der Waals surface area contributed by atoms with Crippen molar-refractivity contribution in [2.24, 2.45) is 0 Å². The van der Waals surface area contributed by atoms with E-state index in [-0.39, 0.29) is 38.5 Å². The Morgan fingerprint density at radius 1 is 0.355 bits per heavy atom. The summed E-state index contributed by atoms with van der Waals surface area (Å²) in [7, 11) is 53.4. The van der Waals surface area contributed by atoms with Crippen LogP contribution in [0.15, 0.2) is 176 Å². The molecule has 0 unspecified atom stereocenters. The van der Waals surface area contributed by atoms with Crippen molar-refractivity contribution in [3.05, 3.63) is 181 Å². The van der Waals surface area contributed by atoms with Crippen LogP contribution in [0, 0.1) is 6.92 Å². The Morgan fingerprint density at radius 2 is 0.855 bits per heavy atom. The Hall–Kier alpha value is -8.61. The van der Waals surface area contributed by atoms with Gasteiger partial charge in [0.15, 0.2) is 11.6 Å². The summed E-state index contributed by atoms with van der Waals surface area (Å²) in [6.07, 6.45) is 0. The molecule has 336 valence electrons. The van der Waals surface area contributed by atoms with Gasteiger partial charge in [-0.1, -0.05) is 179 Å². The second-order valence-electron chi connectivity index (χ2n) is 19.0. The number of fused-ring (bicyclic) bond motifs is 8. The van der Waals surface area contributed by atoms with E-state index in [0.29, 0.717) is 62.0 Å².